The van der Waals surface area contributed by atoms with Crippen LogP contribution >= 0.6 is 34.8 Å². The third-order valence-corrected chi connectivity index (χ3v) is 3.76. The van der Waals surface area contributed by atoms with Gasteiger partial charge in [-0.25, -0.2) is 0 Å². The second-order valence-electron chi connectivity index (χ2n) is 3.97. The smallest absolute Gasteiger partial charge is 0.0598 e. The van der Waals surface area contributed by atoms with Crippen LogP contribution in [-0.2, 0) is 6.54 Å². The molecule has 0 bridgehead atoms. The van der Waals surface area contributed by atoms with Crippen molar-refractivity contribution in [3.05, 3.63) is 57.0 Å². The minimum absolute atomic E-state index is 0.546. The number of hydrogen-bond donors (Lipinski definition) is 1. The van der Waals surface area contributed by atoms with E-state index in [2.05, 4.69) is 5.32 Å². The minimum atomic E-state index is 0.546. The maximum absolute atomic E-state index is 6.23. The van der Waals surface area contributed by atoms with E-state index in [0.717, 1.165) is 28.3 Å². The third-order valence-electron chi connectivity index (χ3n) is 2.67. The van der Waals surface area contributed by atoms with E-state index in [9.17, 15) is 0 Å². The SMILES string of the molecule is CNCc1ccc(-c2ccc(Cl)c(Cl)c2)cc1Cl. The van der Waals surface area contributed by atoms with Gasteiger partial charge in [-0.2, -0.15) is 0 Å². The lowest BCUT2D eigenvalue weighted by molar-refractivity contribution is 0.818. The van der Waals surface area contributed by atoms with Gasteiger partial charge in [0.15, 0.2) is 0 Å². The van der Waals surface area contributed by atoms with Crippen LogP contribution in [0.15, 0.2) is 36.4 Å². The topological polar surface area (TPSA) is 12.0 Å². The summed E-state index contributed by atoms with van der Waals surface area (Å²) < 4.78 is 0. The zero-order chi connectivity index (χ0) is 13.1. The molecule has 0 saturated heterocycles. The highest BCUT2D eigenvalue weighted by Crippen LogP contribution is 2.30. The fraction of sp³-hybridized carbons (Fsp3) is 0.143. The summed E-state index contributed by atoms with van der Waals surface area (Å²) in [4.78, 5) is 0. The number of benzene rings is 2. The molecule has 0 spiro atoms. The van der Waals surface area contributed by atoms with Crippen molar-refractivity contribution in [2.24, 2.45) is 0 Å². The van der Waals surface area contributed by atoms with Crippen LogP contribution in [0.25, 0.3) is 11.1 Å². The summed E-state index contributed by atoms with van der Waals surface area (Å²) in [5, 5.41) is 4.92. The van der Waals surface area contributed by atoms with Gasteiger partial charge >= 0.3 is 0 Å². The molecule has 0 aliphatic heterocycles. The zero-order valence-electron chi connectivity index (χ0n) is 9.81. The molecule has 94 valence electrons. The first-order valence-corrected chi connectivity index (χ1v) is 6.63. The number of halogens is 3. The Balaban J connectivity index is 2.39. The van der Waals surface area contributed by atoms with Gasteiger partial charge < -0.3 is 5.32 Å². The van der Waals surface area contributed by atoms with Gasteiger partial charge in [-0.1, -0.05) is 53.0 Å². The molecule has 4 heteroatoms. The predicted molar refractivity (Wildman–Crippen MR) is 79.7 cm³/mol. The van der Waals surface area contributed by atoms with Gasteiger partial charge in [0.1, 0.15) is 0 Å². The van der Waals surface area contributed by atoms with Gasteiger partial charge in [0.05, 0.1) is 10.0 Å². The van der Waals surface area contributed by atoms with E-state index < -0.39 is 0 Å². The Morgan fingerprint density at radius 1 is 0.833 bits per heavy atom. The first-order chi connectivity index (χ1) is 8.61. The molecule has 1 N–H and O–H groups in total. The van der Waals surface area contributed by atoms with Crippen LogP contribution in [-0.4, -0.2) is 7.05 Å². The molecule has 0 atom stereocenters. The van der Waals surface area contributed by atoms with Gasteiger partial charge in [-0.3, -0.25) is 0 Å². The van der Waals surface area contributed by atoms with Crippen LogP contribution in [0.1, 0.15) is 5.56 Å². The fourth-order valence-corrected chi connectivity index (χ4v) is 2.28. The molecule has 0 aromatic heterocycles. The Labute approximate surface area is 122 Å². The van der Waals surface area contributed by atoms with Gasteiger partial charge in [0, 0.05) is 11.6 Å². The van der Waals surface area contributed by atoms with Crippen LogP contribution in [0, 0.1) is 0 Å². The predicted octanol–water partition coefficient (Wildman–Crippen LogP) is 5.03. The van der Waals surface area contributed by atoms with Crippen LogP contribution in [0.2, 0.25) is 15.1 Å². The van der Waals surface area contributed by atoms with E-state index in [4.69, 9.17) is 34.8 Å². The molecule has 0 aliphatic rings. The molecule has 0 aliphatic carbocycles. The zero-order valence-corrected chi connectivity index (χ0v) is 12.1. The summed E-state index contributed by atoms with van der Waals surface area (Å²) in [7, 11) is 1.89. The highest BCUT2D eigenvalue weighted by molar-refractivity contribution is 6.42. The summed E-state index contributed by atoms with van der Waals surface area (Å²) in [5.41, 5.74) is 3.10. The number of rotatable bonds is 3. The average molecular weight is 301 g/mol. The van der Waals surface area contributed by atoms with Crippen molar-refractivity contribution in [1.82, 2.24) is 5.32 Å². The van der Waals surface area contributed by atoms with E-state index in [1.54, 1.807) is 6.07 Å². The Morgan fingerprint density at radius 2 is 1.44 bits per heavy atom. The summed E-state index contributed by atoms with van der Waals surface area (Å²) >= 11 is 18.1. The molecular formula is C14H12Cl3N. The summed E-state index contributed by atoms with van der Waals surface area (Å²) in [6.45, 7) is 0.750. The molecule has 18 heavy (non-hydrogen) atoms. The molecule has 0 radical (unpaired) electrons. The van der Waals surface area contributed by atoms with Crippen LogP contribution < -0.4 is 5.32 Å². The third kappa shape index (κ3) is 2.99. The van der Waals surface area contributed by atoms with E-state index in [1.165, 1.54) is 0 Å². The highest BCUT2D eigenvalue weighted by Gasteiger charge is 2.05. The molecule has 0 saturated carbocycles. The average Bonchev–Trinajstić information content (AvgIpc) is 2.35. The Hall–Kier alpha value is -0.730. The normalized spacial score (nSPS) is 10.7. The van der Waals surface area contributed by atoms with Crippen LogP contribution in [0.5, 0.6) is 0 Å². The van der Waals surface area contributed by atoms with Crippen molar-refractivity contribution >= 4 is 34.8 Å². The van der Waals surface area contributed by atoms with Crippen LogP contribution in [0.4, 0.5) is 0 Å². The lowest BCUT2D eigenvalue weighted by Crippen LogP contribution is -2.05. The maximum atomic E-state index is 6.23. The molecule has 2 aromatic carbocycles. The van der Waals surface area contributed by atoms with Crippen molar-refractivity contribution in [2.45, 2.75) is 6.54 Å². The number of nitrogens with one attached hydrogen (secondary N) is 1. The molecule has 1 nitrogen and oxygen atoms in total. The molecule has 0 unspecified atom stereocenters. The molecule has 0 amide bonds. The van der Waals surface area contributed by atoms with Crippen LogP contribution in [0.3, 0.4) is 0 Å². The molecule has 0 heterocycles. The monoisotopic (exact) mass is 299 g/mol. The minimum Gasteiger partial charge on any atom is -0.316 e. The summed E-state index contributed by atoms with van der Waals surface area (Å²) in [5.74, 6) is 0. The van der Waals surface area contributed by atoms with Crippen molar-refractivity contribution in [3.8, 4) is 11.1 Å². The van der Waals surface area contributed by atoms with Gasteiger partial charge in [-0.15, -0.1) is 0 Å². The standard InChI is InChI=1S/C14H12Cl3N/c1-18-8-11-3-2-9(6-13(11)16)10-4-5-12(15)14(17)7-10/h2-7,18H,8H2,1H3. The Bertz CT molecular complexity index is 567. The van der Waals surface area contributed by atoms with E-state index in [-0.39, 0.29) is 0 Å². The van der Waals surface area contributed by atoms with E-state index in [1.807, 2.05) is 37.4 Å². The molecule has 2 aromatic rings. The second-order valence-corrected chi connectivity index (χ2v) is 5.19. The Kier molecular flexibility index (Phi) is 4.52. The van der Waals surface area contributed by atoms with Crippen molar-refractivity contribution in [2.75, 3.05) is 7.05 Å². The fourth-order valence-electron chi connectivity index (χ4n) is 1.74. The molecular weight excluding hydrogens is 289 g/mol. The summed E-state index contributed by atoms with van der Waals surface area (Å²) in [6.07, 6.45) is 0. The molecule has 0 fully saturated rings. The lowest BCUT2D eigenvalue weighted by Gasteiger charge is -2.08. The maximum Gasteiger partial charge on any atom is 0.0598 e. The Morgan fingerprint density at radius 3 is 2.00 bits per heavy atom. The lowest BCUT2D eigenvalue weighted by atomic mass is 10.0. The van der Waals surface area contributed by atoms with Crippen molar-refractivity contribution < 1.29 is 0 Å². The van der Waals surface area contributed by atoms with Crippen molar-refractivity contribution in [3.63, 3.8) is 0 Å². The highest BCUT2D eigenvalue weighted by atomic mass is 35.5. The largest absolute Gasteiger partial charge is 0.316 e. The molecule has 2 rings (SSSR count). The first kappa shape index (κ1) is 13.7. The van der Waals surface area contributed by atoms with Gasteiger partial charge in [-0.05, 0) is 41.9 Å². The van der Waals surface area contributed by atoms with Crippen molar-refractivity contribution in [1.29, 1.82) is 0 Å². The summed E-state index contributed by atoms with van der Waals surface area (Å²) in [6, 6.07) is 11.5. The first-order valence-electron chi connectivity index (χ1n) is 5.50. The van der Waals surface area contributed by atoms with Gasteiger partial charge in [0.25, 0.3) is 0 Å². The second kappa shape index (κ2) is 5.94. The van der Waals surface area contributed by atoms with E-state index >= 15 is 0 Å². The van der Waals surface area contributed by atoms with E-state index in [0.29, 0.717) is 10.0 Å². The quantitative estimate of drug-likeness (QED) is 0.838. The number of hydrogen-bond acceptors (Lipinski definition) is 1. The van der Waals surface area contributed by atoms with Gasteiger partial charge in [0.2, 0.25) is 0 Å².